The highest BCUT2D eigenvalue weighted by Gasteiger charge is 2.08. The lowest BCUT2D eigenvalue weighted by Crippen LogP contribution is -2.25. The molecule has 0 saturated heterocycles. The summed E-state index contributed by atoms with van der Waals surface area (Å²) in [5.41, 5.74) is 2.79. The molecule has 16 heavy (non-hydrogen) atoms. The van der Waals surface area contributed by atoms with E-state index in [2.05, 4.69) is 63.9 Å². The van der Waals surface area contributed by atoms with Crippen LogP contribution in [0.2, 0.25) is 0 Å². The molecule has 0 amide bonds. The molecular weight excluding hydrogens is 194 g/mol. The zero-order chi connectivity index (χ0) is 12.1. The monoisotopic (exact) mass is 219 g/mol. The minimum atomic E-state index is 0.555. The van der Waals surface area contributed by atoms with Gasteiger partial charge in [-0.25, -0.2) is 0 Å². The predicted octanol–water partition coefficient (Wildman–Crippen LogP) is 4.43. The van der Waals surface area contributed by atoms with Gasteiger partial charge in [0, 0.05) is 18.8 Å². The van der Waals surface area contributed by atoms with Gasteiger partial charge < -0.3 is 4.90 Å². The molecule has 0 atom stereocenters. The van der Waals surface area contributed by atoms with Gasteiger partial charge in [-0.15, -0.1) is 0 Å². The third-order valence-electron chi connectivity index (χ3n) is 3.53. The van der Waals surface area contributed by atoms with Crippen molar-refractivity contribution in [1.29, 1.82) is 0 Å². The normalized spacial score (nSPS) is 11.2. The van der Waals surface area contributed by atoms with Gasteiger partial charge >= 0.3 is 0 Å². The Hall–Kier alpha value is -0.980. The average molecular weight is 219 g/mol. The molecule has 0 fully saturated rings. The van der Waals surface area contributed by atoms with Gasteiger partial charge in [-0.1, -0.05) is 26.0 Å². The van der Waals surface area contributed by atoms with Crippen LogP contribution in [0.25, 0.3) is 0 Å². The zero-order valence-electron chi connectivity index (χ0n) is 11.3. The van der Waals surface area contributed by atoms with Gasteiger partial charge in [-0.3, -0.25) is 0 Å². The SMILES string of the molecule is CCC(CC)c1ccc(N(C)C(C)C)cc1. The van der Waals surface area contributed by atoms with Crippen molar-refractivity contribution in [2.45, 2.75) is 52.5 Å². The van der Waals surface area contributed by atoms with E-state index in [9.17, 15) is 0 Å². The third kappa shape index (κ3) is 3.01. The van der Waals surface area contributed by atoms with Crippen LogP contribution in [0.15, 0.2) is 24.3 Å². The van der Waals surface area contributed by atoms with Crippen molar-refractivity contribution >= 4 is 5.69 Å². The summed E-state index contributed by atoms with van der Waals surface area (Å²) in [5.74, 6) is 0.721. The quantitative estimate of drug-likeness (QED) is 0.708. The van der Waals surface area contributed by atoms with Crippen LogP contribution in [0.1, 0.15) is 52.0 Å². The zero-order valence-corrected chi connectivity index (χ0v) is 11.3. The molecule has 0 N–H and O–H groups in total. The number of hydrogen-bond acceptors (Lipinski definition) is 1. The lowest BCUT2D eigenvalue weighted by molar-refractivity contribution is 0.641. The van der Waals surface area contributed by atoms with Crippen molar-refractivity contribution in [1.82, 2.24) is 0 Å². The van der Waals surface area contributed by atoms with Crippen LogP contribution >= 0.6 is 0 Å². The van der Waals surface area contributed by atoms with E-state index in [1.54, 1.807) is 0 Å². The molecule has 0 aliphatic rings. The van der Waals surface area contributed by atoms with E-state index in [1.807, 2.05) is 0 Å². The van der Waals surface area contributed by atoms with Gasteiger partial charge in [0.15, 0.2) is 0 Å². The molecule has 0 aliphatic carbocycles. The Morgan fingerprint density at radius 2 is 1.50 bits per heavy atom. The van der Waals surface area contributed by atoms with Gasteiger partial charge in [-0.2, -0.15) is 0 Å². The number of rotatable bonds is 5. The largest absolute Gasteiger partial charge is 0.372 e. The summed E-state index contributed by atoms with van der Waals surface area (Å²) in [6.07, 6.45) is 2.46. The molecule has 1 rings (SSSR count). The lowest BCUT2D eigenvalue weighted by Gasteiger charge is -2.24. The fourth-order valence-electron chi connectivity index (χ4n) is 2.04. The van der Waals surface area contributed by atoms with Crippen LogP contribution in [0.3, 0.4) is 0 Å². The maximum atomic E-state index is 2.30. The standard InChI is InChI=1S/C15H25N/c1-6-13(7-2)14-8-10-15(11-9-14)16(5)12(3)4/h8-13H,6-7H2,1-5H3. The maximum Gasteiger partial charge on any atom is 0.0366 e. The van der Waals surface area contributed by atoms with Crippen molar-refractivity contribution in [2.24, 2.45) is 0 Å². The molecule has 0 aromatic heterocycles. The number of hydrogen-bond donors (Lipinski definition) is 0. The molecule has 90 valence electrons. The Kier molecular flexibility index (Phi) is 4.85. The van der Waals surface area contributed by atoms with Crippen LogP contribution in [0, 0.1) is 0 Å². The summed E-state index contributed by atoms with van der Waals surface area (Å²) in [6.45, 7) is 8.97. The van der Waals surface area contributed by atoms with E-state index >= 15 is 0 Å². The van der Waals surface area contributed by atoms with Crippen LogP contribution in [-0.4, -0.2) is 13.1 Å². The number of benzene rings is 1. The van der Waals surface area contributed by atoms with E-state index in [0.29, 0.717) is 6.04 Å². The maximum absolute atomic E-state index is 2.30. The Morgan fingerprint density at radius 1 is 1.00 bits per heavy atom. The first-order valence-corrected chi connectivity index (χ1v) is 6.42. The first-order valence-electron chi connectivity index (χ1n) is 6.42. The smallest absolute Gasteiger partial charge is 0.0366 e. The van der Waals surface area contributed by atoms with Crippen LogP contribution in [0.5, 0.6) is 0 Å². The summed E-state index contributed by atoms with van der Waals surface area (Å²) in [5, 5.41) is 0. The minimum Gasteiger partial charge on any atom is -0.372 e. The number of nitrogens with zero attached hydrogens (tertiary/aromatic N) is 1. The van der Waals surface area contributed by atoms with Gasteiger partial charge in [-0.05, 0) is 50.3 Å². The van der Waals surface area contributed by atoms with E-state index in [0.717, 1.165) is 5.92 Å². The second-order valence-corrected chi connectivity index (χ2v) is 4.81. The highest BCUT2D eigenvalue weighted by atomic mass is 15.1. The third-order valence-corrected chi connectivity index (χ3v) is 3.53. The molecule has 1 aromatic carbocycles. The van der Waals surface area contributed by atoms with Gasteiger partial charge in [0.05, 0.1) is 0 Å². The Morgan fingerprint density at radius 3 is 1.88 bits per heavy atom. The second-order valence-electron chi connectivity index (χ2n) is 4.81. The second kappa shape index (κ2) is 5.93. The molecule has 1 nitrogen and oxygen atoms in total. The molecule has 1 heteroatoms. The summed E-state index contributed by atoms with van der Waals surface area (Å²) in [6, 6.07) is 9.61. The lowest BCUT2D eigenvalue weighted by atomic mass is 9.94. The summed E-state index contributed by atoms with van der Waals surface area (Å²) < 4.78 is 0. The van der Waals surface area contributed by atoms with E-state index in [-0.39, 0.29) is 0 Å². The van der Waals surface area contributed by atoms with Gasteiger partial charge in [0.1, 0.15) is 0 Å². The van der Waals surface area contributed by atoms with Crippen LogP contribution in [-0.2, 0) is 0 Å². The molecule has 0 bridgehead atoms. The van der Waals surface area contributed by atoms with Crippen LogP contribution < -0.4 is 4.90 Å². The minimum absolute atomic E-state index is 0.555. The highest BCUT2D eigenvalue weighted by Crippen LogP contribution is 2.25. The molecule has 0 aliphatic heterocycles. The predicted molar refractivity (Wildman–Crippen MR) is 73.3 cm³/mol. The number of anilines is 1. The molecule has 1 aromatic rings. The van der Waals surface area contributed by atoms with Gasteiger partial charge in [0.2, 0.25) is 0 Å². The van der Waals surface area contributed by atoms with E-state index in [1.165, 1.54) is 24.1 Å². The molecule has 0 heterocycles. The van der Waals surface area contributed by atoms with Crippen molar-refractivity contribution in [2.75, 3.05) is 11.9 Å². The molecular formula is C15H25N. The first-order chi connectivity index (χ1) is 7.60. The van der Waals surface area contributed by atoms with Crippen LogP contribution in [0.4, 0.5) is 5.69 Å². The molecule has 0 spiro atoms. The topological polar surface area (TPSA) is 3.24 Å². The summed E-state index contributed by atoms with van der Waals surface area (Å²) in [7, 11) is 2.15. The van der Waals surface area contributed by atoms with Crippen molar-refractivity contribution in [3.05, 3.63) is 29.8 Å². The van der Waals surface area contributed by atoms with E-state index in [4.69, 9.17) is 0 Å². The fourth-order valence-corrected chi connectivity index (χ4v) is 2.04. The fraction of sp³-hybridized carbons (Fsp3) is 0.600. The van der Waals surface area contributed by atoms with Gasteiger partial charge in [0.25, 0.3) is 0 Å². The highest BCUT2D eigenvalue weighted by molar-refractivity contribution is 5.48. The molecule has 0 saturated carbocycles. The van der Waals surface area contributed by atoms with Crippen molar-refractivity contribution in [3.8, 4) is 0 Å². The Labute approximate surface area is 100 Å². The van der Waals surface area contributed by atoms with E-state index < -0.39 is 0 Å². The van der Waals surface area contributed by atoms with Crippen molar-refractivity contribution in [3.63, 3.8) is 0 Å². The Bertz CT molecular complexity index is 275. The first kappa shape index (κ1) is 13.1. The average Bonchev–Trinajstić information content (AvgIpc) is 2.30. The summed E-state index contributed by atoms with van der Waals surface area (Å²) in [4.78, 5) is 2.30. The van der Waals surface area contributed by atoms with Crippen molar-refractivity contribution < 1.29 is 0 Å². The molecule has 0 unspecified atom stereocenters. The molecule has 0 radical (unpaired) electrons. The Balaban J connectivity index is 2.82. The summed E-state index contributed by atoms with van der Waals surface area (Å²) >= 11 is 0.